The highest BCUT2D eigenvalue weighted by Gasteiger charge is 2.25. The normalized spacial score (nSPS) is 22.2. The van der Waals surface area contributed by atoms with E-state index < -0.39 is 6.10 Å². The number of pyridine rings is 1. The molecule has 1 aliphatic heterocycles. The molecular formula is C16H19N3O2. The lowest BCUT2D eigenvalue weighted by Gasteiger charge is -2.26. The van der Waals surface area contributed by atoms with Gasteiger partial charge in [0.2, 0.25) is 0 Å². The quantitative estimate of drug-likeness (QED) is 0.884. The maximum absolute atomic E-state index is 12.3. The molecule has 21 heavy (non-hydrogen) atoms. The fraction of sp³-hybridized carbons (Fsp3) is 0.375. The van der Waals surface area contributed by atoms with Gasteiger partial charge in [0, 0.05) is 17.1 Å². The molecule has 2 atom stereocenters. The molecule has 0 unspecified atom stereocenters. The zero-order valence-electron chi connectivity index (χ0n) is 12.0. The van der Waals surface area contributed by atoms with Gasteiger partial charge in [0.1, 0.15) is 6.10 Å². The smallest absolute Gasteiger partial charge is 0.253 e. The van der Waals surface area contributed by atoms with Crippen LogP contribution in [0.5, 0.6) is 0 Å². The standard InChI is InChI=1S/C16H19N3O2/c1-10-5-6-11-3-2-4-13(15(11)18-10)19-16(20)14-8-7-12(17)9-21-14/h2-6,12,14H,7-9,17H2,1H3,(H,19,20)/t12-,14+/m1/s1. The first-order valence-electron chi connectivity index (χ1n) is 7.18. The van der Waals surface area contributed by atoms with E-state index in [0.717, 1.165) is 28.7 Å². The average Bonchev–Trinajstić information content (AvgIpc) is 2.48. The van der Waals surface area contributed by atoms with Gasteiger partial charge in [0.15, 0.2) is 0 Å². The van der Waals surface area contributed by atoms with E-state index in [-0.39, 0.29) is 11.9 Å². The van der Waals surface area contributed by atoms with E-state index >= 15 is 0 Å². The van der Waals surface area contributed by atoms with Gasteiger partial charge in [0.05, 0.1) is 17.8 Å². The summed E-state index contributed by atoms with van der Waals surface area (Å²) in [6, 6.07) is 9.75. The van der Waals surface area contributed by atoms with Crippen LogP contribution in [0.4, 0.5) is 5.69 Å². The molecule has 1 aliphatic rings. The molecule has 0 spiro atoms. The number of nitrogens with one attached hydrogen (secondary N) is 1. The molecule has 2 aromatic rings. The van der Waals surface area contributed by atoms with Crippen molar-refractivity contribution < 1.29 is 9.53 Å². The van der Waals surface area contributed by atoms with E-state index in [0.29, 0.717) is 13.0 Å². The summed E-state index contributed by atoms with van der Waals surface area (Å²) in [6.45, 7) is 2.37. The minimum atomic E-state index is -0.426. The maximum atomic E-state index is 12.3. The number of nitrogens with two attached hydrogens (primary N) is 1. The highest BCUT2D eigenvalue weighted by Crippen LogP contribution is 2.23. The van der Waals surface area contributed by atoms with Crippen LogP contribution in [0.25, 0.3) is 10.9 Å². The lowest BCUT2D eigenvalue weighted by atomic mass is 10.1. The SMILES string of the molecule is Cc1ccc2cccc(NC(=O)[C@@H]3CC[C@@H](N)CO3)c2n1. The summed E-state index contributed by atoms with van der Waals surface area (Å²) in [5.74, 6) is -0.127. The lowest BCUT2D eigenvalue weighted by molar-refractivity contribution is -0.130. The van der Waals surface area contributed by atoms with E-state index in [4.69, 9.17) is 10.5 Å². The van der Waals surface area contributed by atoms with Gasteiger partial charge in [-0.05, 0) is 31.9 Å². The molecule has 2 heterocycles. The largest absolute Gasteiger partial charge is 0.367 e. The second kappa shape index (κ2) is 5.79. The third-order valence-corrected chi connectivity index (χ3v) is 3.72. The Hall–Kier alpha value is -1.98. The topological polar surface area (TPSA) is 77.2 Å². The first-order valence-corrected chi connectivity index (χ1v) is 7.18. The molecule has 3 rings (SSSR count). The lowest BCUT2D eigenvalue weighted by Crippen LogP contribution is -2.41. The molecule has 1 fully saturated rings. The van der Waals surface area contributed by atoms with Crippen LogP contribution in [0.3, 0.4) is 0 Å². The fourth-order valence-corrected chi connectivity index (χ4v) is 2.54. The molecular weight excluding hydrogens is 266 g/mol. The molecule has 1 aromatic carbocycles. The Labute approximate surface area is 123 Å². The minimum Gasteiger partial charge on any atom is -0.367 e. The molecule has 0 saturated carbocycles. The van der Waals surface area contributed by atoms with E-state index in [9.17, 15) is 4.79 Å². The number of hydrogen-bond donors (Lipinski definition) is 2. The Morgan fingerprint density at radius 3 is 2.95 bits per heavy atom. The highest BCUT2D eigenvalue weighted by molar-refractivity contribution is 6.01. The van der Waals surface area contributed by atoms with Gasteiger partial charge in [0.25, 0.3) is 5.91 Å². The zero-order valence-corrected chi connectivity index (χ0v) is 12.0. The summed E-state index contributed by atoms with van der Waals surface area (Å²) in [5, 5.41) is 3.93. The molecule has 1 amide bonds. The number of para-hydroxylation sites is 1. The van der Waals surface area contributed by atoms with E-state index in [1.54, 1.807) is 0 Å². The van der Waals surface area contributed by atoms with Crippen molar-refractivity contribution in [3.05, 3.63) is 36.0 Å². The number of ether oxygens (including phenoxy) is 1. The van der Waals surface area contributed by atoms with Gasteiger partial charge < -0.3 is 15.8 Å². The summed E-state index contributed by atoms with van der Waals surface area (Å²) in [4.78, 5) is 16.8. The van der Waals surface area contributed by atoms with E-state index in [2.05, 4.69) is 10.3 Å². The molecule has 0 bridgehead atoms. The van der Waals surface area contributed by atoms with E-state index in [1.807, 2.05) is 37.3 Å². The number of aryl methyl sites for hydroxylation is 1. The van der Waals surface area contributed by atoms with Gasteiger partial charge >= 0.3 is 0 Å². The van der Waals surface area contributed by atoms with Crippen LogP contribution in [0, 0.1) is 6.92 Å². The number of carbonyl (C=O) groups is 1. The average molecular weight is 285 g/mol. The number of amides is 1. The van der Waals surface area contributed by atoms with Crippen molar-refractivity contribution in [3.8, 4) is 0 Å². The number of benzene rings is 1. The second-order valence-corrected chi connectivity index (χ2v) is 5.48. The van der Waals surface area contributed by atoms with Crippen LogP contribution in [-0.4, -0.2) is 29.6 Å². The Bertz CT molecular complexity index is 664. The third-order valence-electron chi connectivity index (χ3n) is 3.72. The summed E-state index contributed by atoms with van der Waals surface area (Å²) in [6.07, 6.45) is 1.04. The molecule has 110 valence electrons. The second-order valence-electron chi connectivity index (χ2n) is 5.48. The third kappa shape index (κ3) is 3.04. The number of anilines is 1. The van der Waals surface area contributed by atoms with Crippen molar-refractivity contribution in [3.63, 3.8) is 0 Å². The predicted octanol–water partition coefficient (Wildman–Crippen LogP) is 1.99. The molecule has 0 radical (unpaired) electrons. The Balaban J connectivity index is 1.81. The van der Waals surface area contributed by atoms with Gasteiger partial charge in [-0.1, -0.05) is 18.2 Å². The first-order chi connectivity index (χ1) is 10.1. The number of carbonyl (C=O) groups excluding carboxylic acids is 1. The summed E-state index contributed by atoms with van der Waals surface area (Å²) in [5.41, 5.74) is 8.22. The Morgan fingerprint density at radius 1 is 1.33 bits per heavy atom. The van der Waals surface area contributed by atoms with Crippen molar-refractivity contribution in [1.29, 1.82) is 0 Å². The van der Waals surface area contributed by atoms with Crippen LogP contribution in [0.2, 0.25) is 0 Å². The molecule has 5 nitrogen and oxygen atoms in total. The molecule has 3 N–H and O–H groups in total. The Morgan fingerprint density at radius 2 is 2.19 bits per heavy atom. The van der Waals surface area contributed by atoms with Crippen LogP contribution in [0.15, 0.2) is 30.3 Å². The van der Waals surface area contributed by atoms with Gasteiger partial charge in [-0.3, -0.25) is 9.78 Å². The van der Waals surface area contributed by atoms with Crippen LogP contribution < -0.4 is 11.1 Å². The summed E-state index contributed by atoms with van der Waals surface area (Å²) >= 11 is 0. The Kier molecular flexibility index (Phi) is 3.86. The molecule has 5 heteroatoms. The number of nitrogens with zero attached hydrogens (tertiary/aromatic N) is 1. The van der Waals surface area contributed by atoms with Crippen LogP contribution in [-0.2, 0) is 9.53 Å². The van der Waals surface area contributed by atoms with Gasteiger partial charge in [-0.15, -0.1) is 0 Å². The predicted molar refractivity (Wildman–Crippen MR) is 82.1 cm³/mol. The highest BCUT2D eigenvalue weighted by atomic mass is 16.5. The van der Waals surface area contributed by atoms with Crippen LogP contribution in [0.1, 0.15) is 18.5 Å². The van der Waals surface area contributed by atoms with E-state index in [1.165, 1.54) is 0 Å². The fourth-order valence-electron chi connectivity index (χ4n) is 2.54. The number of aromatic nitrogens is 1. The van der Waals surface area contributed by atoms with Crippen molar-refractivity contribution >= 4 is 22.5 Å². The van der Waals surface area contributed by atoms with Crippen molar-refractivity contribution in [2.24, 2.45) is 5.73 Å². The van der Waals surface area contributed by atoms with Crippen LogP contribution >= 0.6 is 0 Å². The molecule has 1 aromatic heterocycles. The van der Waals surface area contributed by atoms with Crippen molar-refractivity contribution in [2.75, 3.05) is 11.9 Å². The summed E-state index contributed by atoms with van der Waals surface area (Å²) in [7, 11) is 0. The molecule has 1 saturated heterocycles. The monoisotopic (exact) mass is 285 g/mol. The van der Waals surface area contributed by atoms with Crippen molar-refractivity contribution in [2.45, 2.75) is 31.9 Å². The summed E-state index contributed by atoms with van der Waals surface area (Å²) < 4.78 is 5.50. The van der Waals surface area contributed by atoms with Gasteiger partial charge in [-0.2, -0.15) is 0 Å². The number of fused-ring (bicyclic) bond motifs is 1. The molecule has 0 aliphatic carbocycles. The maximum Gasteiger partial charge on any atom is 0.253 e. The minimum absolute atomic E-state index is 0.0379. The van der Waals surface area contributed by atoms with Crippen molar-refractivity contribution in [1.82, 2.24) is 4.98 Å². The number of rotatable bonds is 2. The zero-order chi connectivity index (χ0) is 14.8. The number of hydrogen-bond acceptors (Lipinski definition) is 4. The van der Waals surface area contributed by atoms with Gasteiger partial charge in [-0.25, -0.2) is 0 Å². The first kappa shape index (κ1) is 14.0.